The Bertz CT molecular complexity index is 504. The summed E-state index contributed by atoms with van der Waals surface area (Å²) in [5.74, 6) is 0. The number of unbranched alkanes of at least 4 members (excludes halogenated alkanes) is 1. The van der Waals surface area contributed by atoms with Crippen LogP contribution < -0.4 is 5.32 Å². The Hall–Kier alpha value is -0.910. The zero-order valence-corrected chi connectivity index (χ0v) is 12.1. The van der Waals surface area contributed by atoms with Crippen LogP contribution in [0.1, 0.15) is 29.1 Å². The van der Waals surface area contributed by atoms with E-state index in [4.69, 9.17) is 4.74 Å². The molecule has 0 aliphatic carbocycles. The molecular weight excluding hydrogens is 246 g/mol. The summed E-state index contributed by atoms with van der Waals surface area (Å²) in [4.78, 5) is 6.99. The molecule has 0 aliphatic rings. The van der Waals surface area contributed by atoms with Crippen molar-refractivity contribution in [2.45, 2.75) is 33.2 Å². The lowest BCUT2D eigenvalue weighted by molar-refractivity contribution is 0.192. The highest BCUT2D eigenvalue weighted by Gasteiger charge is 2.10. The molecule has 0 spiro atoms. The number of thiazole rings is 1. The van der Waals surface area contributed by atoms with Gasteiger partial charge in [-0.1, -0.05) is 0 Å². The average molecular weight is 267 g/mol. The van der Waals surface area contributed by atoms with Gasteiger partial charge in [0.15, 0.2) is 4.96 Å². The summed E-state index contributed by atoms with van der Waals surface area (Å²) in [5, 5.41) is 3.48. The van der Waals surface area contributed by atoms with Crippen LogP contribution in [0.4, 0.5) is 0 Å². The zero-order chi connectivity index (χ0) is 13.0. The van der Waals surface area contributed by atoms with Gasteiger partial charge in [-0.15, -0.1) is 11.3 Å². The summed E-state index contributed by atoms with van der Waals surface area (Å²) in [7, 11) is 1.75. The van der Waals surface area contributed by atoms with Gasteiger partial charge in [0.05, 0.1) is 11.4 Å². The van der Waals surface area contributed by atoms with E-state index in [-0.39, 0.29) is 0 Å². The summed E-state index contributed by atoms with van der Waals surface area (Å²) in [6.07, 6.45) is 4.43. The molecule has 0 bridgehead atoms. The lowest BCUT2D eigenvalue weighted by atomic mass is 10.3. The molecule has 0 saturated heterocycles. The highest BCUT2D eigenvalue weighted by molar-refractivity contribution is 7.17. The van der Waals surface area contributed by atoms with Gasteiger partial charge in [-0.3, -0.25) is 4.40 Å². The SMILES string of the molecule is COCCCCNCc1c(C)nc2sc(C)cn12. The van der Waals surface area contributed by atoms with Gasteiger partial charge in [-0.25, -0.2) is 4.98 Å². The molecule has 0 aliphatic heterocycles. The standard InChI is InChI=1S/C13H21N3OS/c1-10-9-16-12(11(2)15-13(16)18-10)8-14-6-4-5-7-17-3/h9,14H,4-8H2,1-3H3. The largest absolute Gasteiger partial charge is 0.385 e. The summed E-state index contributed by atoms with van der Waals surface area (Å²) in [6.45, 7) is 6.96. The van der Waals surface area contributed by atoms with E-state index < -0.39 is 0 Å². The maximum Gasteiger partial charge on any atom is 0.194 e. The second kappa shape index (κ2) is 6.31. The van der Waals surface area contributed by atoms with E-state index in [0.29, 0.717) is 0 Å². The molecule has 0 aromatic carbocycles. The summed E-state index contributed by atoms with van der Waals surface area (Å²) in [6, 6.07) is 0. The van der Waals surface area contributed by atoms with Gasteiger partial charge >= 0.3 is 0 Å². The van der Waals surface area contributed by atoms with Gasteiger partial charge in [0.2, 0.25) is 0 Å². The number of aryl methyl sites for hydroxylation is 2. The predicted molar refractivity (Wildman–Crippen MR) is 75.4 cm³/mol. The Kier molecular flexibility index (Phi) is 4.74. The van der Waals surface area contributed by atoms with Crippen LogP contribution in [-0.4, -0.2) is 29.6 Å². The molecular formula is C13H21N3OS. The van der Waals surface area contributed by atoms with E-state index in [9.17, 15) is 0 Å². The number of nitrogens with one attached hydrogen (secondary N) is 1. The molecule has 2 aromatic heterocycles. The number of fused-ring (bicyclic) bond motifs is 1. The minimum Gasteiger partial charge on any atom is -0.385 e. The molecule has 5 heteroatoms. The van der Waals surface area contributed by atoms with E-state index in [1.165, 1.54) is 10.6 Å². The molecule has 0 saturated carbocycles. The Labute approximate surface area is 112 Å². The van der Waals surface area contributed by atoms with Crippen LogP contribution in [0.3, 0.4) is 0 Å². The van der Waals surface area contributed by atoms with E-state index in [1.54, 1.807) is 18.4 Å². The van der Waals surface area contributed by atoms with Gasteiger partial charge in [-0.2, -0.15) is 0 Å². The van der Waals surface area contributed by atoms with Gasteiger partial charge < -0.3 is 10.1 Å². The number of ether oxygens (including phenoxy) is 1. The highest BCUT2D eigenvalue weighted by atomic mass is 32.1. The second-order valence-electron chi connectivity index (χ2n) is 4.51. The number of aromatic nitrogens is 2. The fraction of sp³-hybridized carbons (Fsp3) is 0.615. The average Bonchev–Trinajstić information content (AvgIpc) is 2.80. The summed E-state index contributed by atoms with van der Waals surface area (Å²) < 4.78 is 7.24. The van der Waals surface area contributed by atoms with Gasteiger partial charge in [0.1, 0.15) is 0 Å². The van der Waals surface area contributed by atoms with Crippen LogP contribution in [0.25, 0.3) is 4.96 Å². The predicted octanol–water partition coefficient (Wildman–Crippen LogP) is 2.53. The lowest BCUT2D eigenvalue weighted by Crippen LogP contribution is -2.16. The Morgan fingerprint density at radius 3 is 3.00 bits per heavy atom. The number of hydrogen-bond donors (Lipinski definition) is 1. The molecule has 0 atom stereocenters. The quantitative estimate of drug-likeness (QED) is 0.783. The first kappa shape index (κ1) is 13.5. The molecule has 2 rings (SSSR count). The van der Waals surface area contributed by atoms with Crippen molar-refractivity contribution in [1.29, 1.82) is 0 Å². The molecule has 100 valence electrons. The monoisotopic (exact) mass is 267 g/mol. The Balaban J connectivity index is 1.88. The first-order valence-electron chi connectivity index (χ1n) is 6.36. The van der Waals surface area contributed by atoms with Crippen molar-refractivity contribution >= 4 is 16.3 Å². The first-order valence-corrected chi connectivity index (χ1v) is 7.17. The molecule has 2 heterocycles. The minimum atomic E-state index is 0.849. The number of methoxy groups -OCH3 is 1. The van der Waals surface area contributed by atoms with E-state index in [0.717, 1.165) is 43.2 Å². The lowest BCUT2D eigenvalue weighted by Gasteiger charge is -2.05. The highest BCUT2D eigenvalue weighted by Crippen LogP contribution is 2.20. The molecule has 0 unspecified atom stereocenters. The smallest absolute Gasteiger partial charge is 0.194 e. The third-order valence-electron chi connectivity index (χ3n) is 2.99. The maximum atomic E-state index is 5.03. The van der Waals surface area contributed by atoms with Crippen LogP contribution in [-0.2, 0) is 11.3 Å². The number of imidazole rings is 1. The molecule has 0 radical (unpaired) electrons. The molecule has 18 heavy (non-hydrogen) atoms. The van der Waals surface area contributed by atoms with Gasteiger partial charge in [0.25, 0.3) is 0 Å². The first-order chi connectivity index (χ1) is 8.72. The van der Waals surface area contributed by atoms with Crippen molar-refractivity contribution in [2.24, 2.45) is 0 Å². The normalized spacial score (nSPS) is 11.5. The second-order valence-corrected chi connectivity index (χ2v) is 5.73. The van der Waals surface area contributed by atoms with Crippen LogP contribution in [0.2, 0.25) is 0 Å². The third-order valence-corrected chi connectivity index (χ3v) is 3.88. The van der Waals surface area contributed by atoms with Crippen LogP contribution in [0.5, 0.6) is 0 Å². The fourth-order valence-corrected chi connectivity index (χ4v) is 2.92. The van der Waals surface area contributed by atoms with Crippen molar-refractivity contribution in [3.05, 3.63) is 22.5 Å². The number of rotatable bonds is 7. The zero-order valence-electron chi connectivity index (χ0n) is 11.3. The minimum absolute atomic E-state index is 0.849. The van der Waals surface area contributed by atoms with Gasteiger partial charge in [-0.05, 0) is 33.2 Å². The Morgan fingerprint density at radius 2 is 2.22 bits per heavy atom. The van der Waals surface area contributed by atoms with Crippen molar-refractivity contribution in [3.8, 4) is 0 Å². The molecule has 4 nitrogen and oxygen atoms in total. The van der Waals surface area contributed by atoms with Crippen molar-refractivity contribution in [3.63, 3.8) is 0 Å². The van der Waals surface area contributed by atoms with Crippen LogP contribution in [0.15, 0.2) is 6.20 Å². The Morgan fingerprint density at radius 1 is 1.39 bits per heavy atom. The summed E-state index contributed by atoms with van der Waals surface area (Å²) >= 11 is 1.74. The molecule has 0 fully saturated rings. The van der Waals surface area contributed by atoms with E-state index in [2.05, 4.69) is 34.7 Å². The molecule has 2 aromatic rings. The third kappa shape index (κ3) is 3.10. The van der Waals surface area contributed by atoms with E-state index in [1.807, 2.05) is 0 Å². The summed E-state index contributed by atoms with van der Waals surface area (Å²) in [5.41, 5.74) is 2.41. The number of hydrogen-bond acceptors (Lipinski definition) is 4. The van der Waals surface area contributed by atoms with Crippen LogP contribution >= 0.6 is 11.3 Å². The van der Waals surface area contributed by atoms with Crippen molar-refractivity contribution in [1.82, 2.24) is 14.7 Å². The fourth-order valence-electron chi connectivity index (χ4n) is 2.03. The topological polar surface area (TPSA) is 38.6 Å². The van der Waals surface area contributed by atoms with Crippen molar-refractivity contribution in [2.75, 3.05) is 20.3 Å². The maximum absolute atomic E-state index is 5.03. The van der Waals surface area contributed by atoms with E-state index >= 15 is 0 Å². The number of nitrogens with zero attached hydrogens (tertiary/aromatic N) is 2. The molecule has 1 N–H and O–H groups in total. The van der Waals surface area contributed by atoms with Gasteiger partial charge in [0, 0.05) is 31.3 Å². The molecule has 0 amide bonds. The van der Waals surface area contributed by atoms with Crippen molar-refractivity contribution < 1.29 is 4.74 Å². The van der Waals surface area contributed by atoms with Crippen LogP contribution in [0, 0.1) is 13.8 Å².